The number of urea groups is 1. The van der Waals surface area contributed by atoms with Crippen LogP contribution in [0.2, 0.25) is 0 Å². The maximum Gasteiger partial charge on any atom is 0.322 e. The Bertz CT molecular complexity index is 1350. The van der Waals surface area contributed by atoms with Gasteiger partial charge in [0.2, 0.25) is 0 Å². The molecular weight excluding hydrogens is 451 g/mol. The summed E-state index contributed by atoms with van der Waals surface area (Å²) in [5, 5.41) is 5.71. The summed E-state index contributed by atoms with van der Waals surface area (Å²) in [6.07, 6.45) is 2.13. The Kier molecular flexibility index (Phi) is 6.15. The van der Waals surface area contributed by atoms with Gasteiger partial charge < -0.3 is 9.47 Å². The third kappa shape index (κ3) is 4.33. The summed E-state index contributed by atoms with van der Waals surface area (Å²) in [5.74, 6) is 0.359. The first-order chi connectivity index (χ1) is 16.5. The van der Waals surface area contributed by atoms with Crippen LogP contribution >= 0.6 is 11.3 Å². The van der Waals surface area contributed by atoms with Crippen LogP contribution in [0.15, 0.2) is 60.0 Å². The number of carbonyl (C=O) groups excluding carboxylic acids is 2. The average Bonchev–Trinajstić information content (AvgIpc) is 3.50. The Balaban J connectivity index is 1.54. The summed E-state index contributed by atoms with van der Waals surface area (Å²) in [6.45, 7) is 3.02. The molecule has 1 N–H and O–H groups in total. The van der Waals surface area contributed by atoms with Gasteiger partial charge in [-0.15, -0.1) is 11.3 Å². The number of aromatic nitrogens is 2. The van der Waals surface area contributed by atoms with E-state index in [4.69, 9.17) is 4.98 Å². The molecule has 0 radical (unpaired) electrons. The second-order valence-corrected chi connectivity index (χ2v) is 9.39. The second kappa shape index (κ2) is 9.38. The topological polar surface area (TPSA) is 67.2 Å². The third-order valence-corrected chi connectivity index (χ3v) is 7.00. The number of piperidine rings is 1. The Morgan fingerprint density at radius 2 is 2.06 bits per heavy atom. The summed E-state index contributed by atoms with van der Waals surface area (Å²) < 4.78 is 16.2. The largest absolute Gasteiger partial charge is 0.322 e. The Morgan fingerprint density at radius 1 is 1.18 bits per heavy atom. The van der Waals surface area contributed by atoms with Crippen LogP contribution in [0.5, 0.6) is 0 Å². The number of thiophene rings is 1. The highest BCUT2D eigenvalue weighted by molar-refractivity contribution is 7.14. The molecule has 8 heteroatoms. The number of halogens is 1. The van der Waals surface area contributed by atoms with Gasteiger partial charge in [-0.2, -0.15) is 0 Å². The zero-order valence-electron chi connectivity index (χ0n) is 18.8. The van der Waals surface area contributed by atoms with Crippen LogP contribution in [0.4, 0.5) is 14.2 Å². The molecule has 1 fully saturated rings. The molecular formula is C26H25FN4O2S. The van der Waals surface area contributed by atoms with Crippen molar-refractivity contribution in [2.75, 3.05) is 18.4 Å². The van der Waals surface area contributed by atoms with Crippen LogP contribution in [0.3, 0.4) is 0 Å². The van der Waals surface area contributed by atoms with Crippen LogP contribution in [0, 0.1) is 5.82 Å². The Labute approximate surface area is 201 Å². The van der Waals surface area contributed by atoms with Gasteiger partial charge in [0, 0.05) is 30.6 Å². The summed E-state index contributed by atoms with van der Waals surface area (Å²) in [6, 6.07) is 15.6. The molecule has 5 rings (SSSR count). The summed E-state index contributed by atoms with van der Waals surface area (Å²) in [7, 11) is 0. The molecule has 6 nitrogen and oxygen atoms in total. The number of nitrogens with one attached hydrogen (secondary N) is 1. The van der Waals surface area contributed by atoms with Crippen molar-refractivity contribution in [2.45, 2.75) is 32.2 Å². The van der Waals surface area contributed by atoms with Crippen molar-refractivity contribution in [3.63, 3.8) is 0 Å². The molecule has 174 valence electrons. The number of hydrogen-bond acceptors (Lipinski definition) is 4. The maximum atomic E-state index is 14.1. The van der Waals surface area contributed by atoms with E-state index >= 15 is 0 Å². The zero-order chi connectivity index (χ0) is 23.7. The number of nitrogens with zero attached hydrogens (tertiary/aromatic N) is 3. The predicted molar refractivity (Wildman–Crippen MR) is 133 cm³/mol. The molecule has 1 aliphatic rings. The van der Waals surface area contributed by atoms with Crippen LogP contribution in [0.25, 0.3) is 22.4 Å². The molecule has 34 heavy (non-hydrogen) atoms. The number of Topliss-reactive ketones (excluding diaryl/α,β-unsaturated/α-hetero) is 1. The fraction of sp³-hybridized carbons (Fsp3) is 0.269. The van der Waals surface area contributed by atoms with Gasteiger partial charge in [0.1, 0.15) is 11.6 Å². The number of benzene rings is 2. The lowest BCUT2D eigenvalue weighted by Gasteiger charge is -2.34. The first kappa shape index (κ1) is 22.3. The van der Waals surface area contributed by atoms with Crippen molar-refractivity contribution in [3.8, 4) is 11.4 Å². The number of carbonyl (C=O) groups is 2. The Morgan fingerprint density at radius 3 is 2.82 bits per heavy atom. The number of fused-ring (bicyclic) bond motifs is 1. The number of amides is 2. The van der Waals surface area contributed by atoms with Crippen molar-refractivity contribution < 1.29 is 14.0 Å². The molecule has 2 aromatic carbocycles. The fourth-order valence-corrected chi connectivity index (χ4v) is 5.17. The Hall–Kier alpha value is -3.52. The second-order valence-electron chi connectivity index (χ2n) is 8.45. The molecule has 1 aliphatic heterocycles. The molecule has 0 saturated carbocycles. The van der Waals surface area contributed by atoms with Gasteiger partial charge in [0.05, 0.1) is 22.1 Å². The highest BCUT2D eigenvalue weighted by atomic mass is 32.1. The van der Waals surface area contributed by atoms with Crippen molar-refractivity contribution in [1.29, 1.82) is 0 Å². The monoisotopic (exact) mass is 476 g/mol. The van der Waals surface area contributed by atoms with Gasteiger partial charge in [0.15, 0.2) is 5.78 Å². The van der Waals surface area contributed by atoms with E-state index in [1.807, 2.05) is 53.6 Å². The maximum absolute atomic E-state index is 14.1. The van der Waals surface area contributed by atoms with E-state index in [0.717, 1.165) is 23.4 Å². The lowest BCUT2D eigenvalue weighted by Crippen LogP contribution is -2.43. The third-order valence-electron chi connectivity index (χ3n) is 6.22. The molecule has 0 aliphatic carbocycles. The van der Waals surface area contributed by atoms with Gasteiger partial charge in [-0.05, 0) is 60.7 Å². The SMILES string of the molecule is CCC(=O)c1ccc2c(c1)nc(-c1cccc(F)c1)n2C1CCCN(C(=O)Nc2cccs2)C1. The molecule has 1 atom stereocenters. The number of likely N-dealkylation sites (tertiary alicyclic amines) is 1. The lowest BCUT2D eigenvalue weighted by atomic mass is 10.0. The summed E-state index contributed by atoms with van der Waals surface area (Å²) in [5.41, 5.74) is 2.85. The molecule has 0 bridgehead atoms. The first-order valence-electron chi connectivity index (χ1n) is 11.4. The van der Waals surface area contributed by atoms with E-state index in [9.17, 15) is 14.0 Å². The number of rotatable bonds is 5. The molecule has 1 saturated heterocycles. The van der Waals surface area contributed by atoms with E-state index in [1.54, 1.807) is 6.07 Å². The van der Waals surface area contributed by atoms with Crippen molar-refractivity contribution in [2.24, 2.45) is 0 Å². The number of anilines is 1. The van der Waals surface area contributed by atoms with Crippen molar-refractivity contribution in [3.05, 3.63) is 71.4 Å². The standard InChI is InChI=1S/C26H25FN4O2S/c1-2-23(32)17-10-11-22-21(15-17)28-25(18-6-3-7-19(27)14-18)31(22)20-8-4-12-30(16-20)26(33)29-24-9-5-13-34-24/h3,5-7,9-11,13-15,20H,2,4,8,12,16H2,1H3,(H,29,33). The normalized spacial score (nSPS) is 16.1. The first-order valence-corrected chi connectivity index (χ1v) is 12.3. The van der Waals surface area contributed by atoms with E-state index < -0.39 is 0 Å². The average molecular weight is 477 g/mol. The zero-order valence-corrected chi connectivity index (χ0v) is 19.6. The van der Waals surface area contributed by atoms with Crippen LogP contribution < -0.4 is 5.32 Å². The summed E-state index contributed by atoms with van der Waals surface area (Å²) in [4.78, 5) is 31.8. The number of ketones is 1. The molecule has 2 amide bonds. The predicted octanol–water partition coefficient (Wildman–Crippen LogP) is 6.37. The molecule has 2 aromatic heterocycles. The smallest absolute Gasteiger partial charge is 0.322 e. The minimum atomic E-state index is -0.335. The van der Waals surface area contributed by atoms with Crippen molar-refractivity contribution in [1.82, 2.24) is 14.5 Å². The van der Waals surface area contributed by atoms with E-state index in [0.29, 0.717) is 42.0 Å². The van der Waals surface area contributed by atoms with E-state index in [-0.39, 0.29) is 23.7 Å². The van der Waals surface area contributed by atoms with Gasteiger partial charge >= 0.3 is 6.03 Å². The van der Waals surface area contributed by atoms with Gasteiger partial charge in [-0.25, -0.2) is 14.2 Å². The van der Waals surface area contributed by atoms with Crippen molar-refractivity contribution >= 4 is 39.2 Å². The quantitative estimate of drug-likeness (QED) is 0.341. The minimum Gasteiger partial charge on any atom is -0.322 e. The lowest BCUT2D eigenvalue weighted by molar-refractivity contribution is 0.0988. The molecule has 0 spiro atoms. The molecule has 3 heterocycles. The number of imidazole rings is 1. The molecule has 4 aromatic rings. The van der Waals surface area contributed by atoms with Gasteiger partial charge in [0.25, 0.3) is 0 Å². The fourth-order valence-electron chi connectivity index (χ4n) is 4.56. The van der Waals surface area contributed by atoms with Gasteiger partial charge in [-0.3, -0.25) is 10.1 Å². The van der Waals surface area contributed by atoms with Gasteiger partial charge in [-0.1, -0.05) is 19.1 Å². The minimum absolute atomic E-state index is 0.0289. The highest BCUT2D eigenvalue weighted by Crippen LogP contribution is 2.34. The van der Waals surface area contributed by atoms with Crippen LogP contribution in [0.1, 0.15) is 42.6 Å². The number of hydrogen-bond donors (Lipinski definition) is 1. The van der Waals surface area contributed by atoms with Crippen LogP contribution in [-0.2, 0) is 0 Å². The molecule has 1 unspecified atom stereocenters. The van der Waals surface area contributed by atoms with E-state index in [1.165, 1.54) is 23.5 Å². The van der Waals surface area contributed by atoms with Crippen LogP contribution in [-0.4, -0.2) is 39.4 Å². The summed E-state index contributed by atoms with van der Waals surface area (Å²) >= 11 is 1.49. The van der Waals surface area contributed by atoms with E-state index in [2.05, 4.69) is 9.88 Å². The highest BCUT2D eigenvalue weighted by Gasteiger charge is 2.28.